The molecule has 3 aromatic rings. The van der Waals surface area contributed by atoms with Crippen LogP contribution in [0.1, 0.15) is 12.8 Å². The zero-order chi connectivity index (χ0) is 12.8. The molecule has 0 saturated heterocycles. The Bertz CT molecular complexity index is 856. The summed E-state index contributed by atoms with van der Waals surface area (Å²) in [5, 5.41) is 2.77. The number of nitrogen functional groups attached to an aromatic ring is 1. The Balaban J connectivity index is 2.02. The van der Waals surface area contributed by atoms with E-state index < -0.39 is 0 Å². The number of aromatic nitrogens is 2. The lowest BCUT2D eigenvalue weighted by Gasteiger charge is -1.96. The summed E-state index contributed by atoms with van der Waals surface area (Å²) in [7, 11) is 0. The van der Waals surface area contributed by atoms with E-state index in [1.165, 1.54) is 15.9 Å². The van der Waals surface area contributed by atoms with Crippen molar-refractivity contribution in [3.8, 4) is 10.6 Å². The molecule has 0 radical (unpaired) electrons. The predicted octanol–water partition coefficient (Wildman–Crippen LogP) is 2.36. The highest BCUT2D eigenvalue weighted by Gasteiger charge is 2.11. The molecule has 0 spiro atoms. The van der Waals surface area contributed by atoms with Gasteiger partial charge in [0.1, 0.15) is 5.01 Å². The first-order chi connectivity index (χ1) is 9.31. The van der Waals surface area contributed by atoms with Crippen LogP contribution >= 0.6 is 22.7 Å². The maximum absolute atomic E-state index is 5.81. The maximum atomic E-state index is 5.81. The van der Waals surface area contributed by atoms with E-state index in [1.54, 1.807) is 11.3 Å². The third-order valence-electron chi connectivity index (χ3n) is 3.18. The first kappa shape index (κ1) is 11.1. The van der Waals surface area contributed by atoms with Crippen molar-refractivity contribution in [2.45, 2.75) is 12.8 Å². The maximum Gasteiger partial charge on any atom is 0.181 e. The average Bonchev–Trinajstić information content (AvgIpc) is 2.99. The number of benzene rings is 1. The first-order valence-corrected chi connectivity index (χ1v) is 7.77. The van der Waals surface area contributed by atoms with Crippen LogP contribution in [0.3, 0.4) is 0 Å². The molecule has 0 aliphatic heterocycles. The second kappa shape index (κ2) is 4.15. The molecule has 0 unspecified atom stereocenters. The summed E-state index contributed by atoms with van der Waals surface area (Å²) in [5.74, 6) is 0. The molecular weight excluding hydrogens is 274 g/mol. The van der Waals surface area contributed by atoms with E-state index in [4.69, 9.17) is 10.7 Å². The number of anilines is 1. The van der Waals surface area contributed by atoms with Gasteiger partial charge in [-0.15, -0.1) is 11.3 Å². The van der Waals surface area contributed by atoms with Crippen molar-refractivity contribution in [1.29, 1.82) is 0 Å². The molecule has 3 nitrogen and oxygen atoms in total. The van der Waals surface area contributed by atoms with Gasteiger partial charge in [-0.05, 0) is 25.0 Å². The van der Waals surface area contributed by atoms with Crippen molar-refractivity contribution in [3.63, 3.8) is 0 Å². The number of fused-ring (bicyclic) bond motifs is 2. The molecule has 2 heterocycles. The van der Waals surface area contributed by atoms with Gasteiger partial charge in [-0.3, -0.25) is 0 Å². The van der Waals surface area contributed by atoms with Crippen molar-refractivity contribution < 1.29 is 0 Å². The molecule has 19 heavy (non-hydrogen) atoms. The van der Waals surface area contributed by atoms with Gasteiger partial charge in [0, 0.05) is 5.56 Å². The Hall–Kier alpha value is -1.72. The average molecular weight is 285 g/mol. The van der Waals surface area contributed by atoms with Crippen LogP contribution in [0, 0.1) is 0 Å². The summed E-state index contributed by atoms with van der Waals surface area (Å²) in [6.07, 6.45) is 6.68. The number of nitrogens with zero attached hydrogens (tertiary/aromatic N) is 2. The number of nitrogens with two attached hydrogens (primary N) is 1. The largest absolute Gasteiger partial charge is 0.375 e. The molecule has 0 fully saturated rings. The number of thiazole rings is 2. The third kappa shape index (κ3) is 1.77. The topological polar surface area (TPSA) is 51.8 Å². The molecule has 0 saturated carbocycles. The van der Waals surface area contributed by atoms with Crippen LogP contribution in [-0.4, -0.2) is 9.97 Å². The summed E-state index contributed by atoms with van der Waals surface area (Å²) in [4.78, 5) is 9.17. The summed E-state index contributed by atoms with van der Waals surface area (Å²) in [5.41, 5.74) is 7.87. The van der Waals surface area contributed by atoms with Gasteiger partial charge in [-0.1, -0.05) is 29.6 Å². The van der Waals surface area contributed by atoms with Gasteiger partial charge in [0.2, 0.25) is 0 Å². The van der Waals surface area contributed by atoms with Crippen LogP contribution in [0.25, 0.3) is 32.9 Å². The molecular formula is C14H11N3S2. The Kier molecular flexibility index (Phi) is 2.43. The van der Waals surface area contributed by atoms with Gasteiger partial charge < -0.3 is 5.73 Å². The minimum absolute atomic E-state index is 0.613. The summed E-state index contributed by atoms with van der Waals surface area (Å²) in [6, 6.07) is 6.17. The van der Waals surface area contributed by atoms with Gasteiger partial charge in [0.25, 0.3) is 0 Å². The van der Waals surface area contributed by atoms with Crippen molar-refractivity contribution in [1.82, 2.24) is 9.97 Å². The highest BCUT2D eigenvalue weighted by atomic mass is 32.1. The second-order valence-electron chi connectivity index (χ2n) is 4.46. The van der Waals surface area contributed by atoms with Gasteiger partial charge in [0.05, 0.1) is 20.1 Å². The fourth-order valence-electron chi connectivity index (χ4n) is 2.32. The molecule has 0 amide bonds. The fraction of sp³-hybridized carbons (Fsp3) is 0.143. The van der Waals surface area contributed by atoms with E-state index in [-0.39, 0.29) is 0 Å². The Morgan fingerprint density at radius 3 is 2.84 bits per heavy atom. The predicted molar refractivity (Wildman–Crippen MR) is 82.6 cm³/mol. The highest BCUT2D eigenvalue weighted by Crippen LogP contribution is 2.32. The zero-order valence-electron chi connectivity index (χ0n) is 10.1. The molecule has 94 valence electrons. The number of hydrogen-bond donors (Lipinski definition) is 1. The molecule has 0 bridgehead atoms. The van der Waals surface area contributed by atoms with E-state index in [2.05, 4.69) is 29.3 Å². The smallest absolute Gasteiger partial charge is 0.181 e. The van der Waals surface area contributed by atoms with Crippen LogP contribution in [0.5, 0.6) is 0 Å². The quantitative estimate of drug-likeness (QED) is 0.747. The molecule has 2 N–H and O–H groups in total. The summed E-state index contributed by atoms with van der Waals surface area (Å²) in [6.45, 7) is 0. The lowest BCUT2D eigenvalue weighted by molar-refractivity contribution is 1.10. The van der Waals surface area contributed by atoms with Gasteiger partial charge >= 0.3 is 0 Å². The van der Waals surface area contributed by atoms with Crippen molar-refractivity contribution in [2.24, 2.45) is 0 Å². The molecule has 0 atom stereocenters. The normalized spacial score (nSPS) is 13.9. The minimum atomic E-state index is 0.613. The molecule has 1 aliphatic rings. The number of para-hydroxylation sites is 1. The zero-order valence-corrected chi connectivity index (χ0v) is 11.7. The van der Waals surface area contributed by atoms with E-state index in [1.807, 2.05) is 6.07 Å². The number of hydrogen-bond acceptors (Lipinski definition) is 5. The molecule has 1 aromatic carbocycles. The van der Waals surface area contributed by atoms with E-state index in [0.717, 1.165) is 39.0 Å². The monoisotopic (exact) mass is 285 g/mol. The van der Waals surface area contributed by atoms with Crippen LogP contribution in [0.15, 0.2) is 18.2 Å². The van der Waals surface area contributed by atoms with Crippen molar-refractivity contribution >= 4 is 50.2 Å². The van der Waals surface area contributed by atoms with E-state index in [0.29, 0.717) is 5.13 Å². The summed E-state index contributed by atoms with van der Waals surface area (Å²) < 4.78 is 2.40. The second-order valence-corrected chi connectivity index (χ2v) is 6.55. The highest BCUT2D eigenvalue weighted by molar-refractivity contribution is 7.22. The van der Waals surface area contributed by atoms with Crippen LogP contribution in [0.2, 0.25) is 0 Å². The van der Waals surface area contributed by atoms with Crippen molar-refractivity contribution in [3.05, 3.63) is 28.1 Å². The van der Waals surface area contributed by atoms with Crippen molar-refractivity contribution in [2.75, 3.05) is 5.73 Å². The Labute approximate surface area is 117 Å². The number of rotatable bonds is 1. The standard InChI is InChI=1S/C14H11N3S2/c15-14-17-12-8(4-3-7-11(12)19-14)13-16-9-5-1-2-6-10(9)18-13/h3-7H,1-2H2,(H2,15,17). The first-order valence-electron chi connectivity index (χ1n) is 6.14. The van der Waals surface area contributed by atoms with Gasteiger partial charge in [-0.2, -0.15) is 0 Å². The van der Waals surface area contributed by atoms with Gasteiger partial charge in [0.15, 0.2) is 5.13 Å². The van der Waals surface area contributed by atoms with Crippen LogP contribution < -0.4 is 15.6 Å². The summed E-state index contributed by atoms with van der Waals surface area (Å²) >= 11 is 3.26. The third-order valence-corrected chi connectivity index (χ3v) is 5.13. The SMILES string of the molecule is Nc1nc2c(-c3nc4c(s3)=CCCC=4)cccc2s1. The lowest BCUT2D eigenvalue weighted by atomic mass is 10.2. The van der Waals surface area contributed by atoms with Gasteiger partial charge in [-0.25, -0.2) is 9.97 Å². The lowest BCUT2D eigenvalue weighted by Crippen LogP contribution is -2.22. The van der Waals surface area contributed by atoms with Crippen LogP contribution in [0.4, 0.5) is 5.13 Å². The van der Waals surface area contributed by atoms with E-state index in [9.17, 15) is 0 Å². The minimum Gasteiger partial charge on any atom is -0.375 e. The van der Waals surface area contributed by atoms with Crippen LogP contribution in [-0.2, 0) is 0 Å². The Morgan fingerprint density at radius 2 is 1.95 bits per heavy atom. The Morgan fingerprint density at radius 1 is 1.05 bits per heavy atom. The molecule has 1 aliphatic carbocycles. The molecule has 5 heteroatoms. The molecule has 2 aromatic heterocycles. The van der Waals surface area contributed by atoms with E-state index >= 15 is 0 Å². The molecule has 4 rings (SSSR count). The fourth-order valence-corrected chi connectivity index (χ4v) is 4.15.